The molecule has 0 aromatic heterocycles. The van der Waals surface area contributed by atoms with E-state index in [1.165, 1.54) is 4.90 Å². The van der Waals surface area contributed by atoms with Crippen molar-refractivity contribution in [2.45, 2.75) is 37.8 Å². The van der Waals surface area contributed by atoms with E-state index in [0.29, 0.717) is 30.5 Å². The van der Waals surface area contributed by atoms with Crippen LogP contribution >= 0.6 is 12.4 Å². The first kappa shape index (κ1) is 22.1. The number of nitrogens with zero attached hydrogens (tertiary/aromatic N) is 3. The maximum absolute atomic E-state index is 12.8. The molecule has 3 aliphatic rings. The van der Waals surface area contributed by atoms with Gasteiger partial charge in [0.15, 0.2) is 0 Å². The van der Waals surface area contributed by atoms with Gasteiger partial charge < -0.3 is 14.9 Å². The van der Waals surface area contributed by atoms with E-state index < -0.39 is 18.5 Å². The number of halogens is 1. The molecule has 0 saturated carbocycles. The molecular formula is C20H28ClN3O5. The summed E-state index contributed by atoms with van der Waals surface area (Å²) in [4.78, 5) is 30.6. The number of piperidine rings is 1. The first-order valence-electron chi connectivity index (χ1n) is 9.97. The van der Waals surface area contributed by atoms with Crippen LogP contribution in [0.15, 0.2) is 24.3 Å². The fourth-order valence-electron chi connectivity index (χ4n) is 4.39. The summed E-state index contributed by atoms with van der Waals surface area (Å²) < 4.78 is 5.35. The zero-order valence-electron chi connectivity index (χ0n) is 16.3. The van der Waals surface area contributed by atoms with Gasteiger partial charge >= 0.3 is 0 Å². The van der Waals surface area contributed by atoms with Crippen LogP contribution in [0.25, 0.3) is 0 Å². The molecule has 2 saturated heterocycles. The number of hydrogen-bond acceptors (Lipinski definition) is 7. The van der Waals surface area contributed by atoms with Crippen molar-refractivity contribution in [1.29, 1.82) is 0 Å². The molecule has 0 spiro atoms. The molecule has 1 aromatic carbocycles. The molecule has 160 valence electrons. The predicted octanol–water partition coefficient (Wildman–Crippen LogP) is 0.528. The van der Waals surface area contributed by atoms with Gasteiger partial charge in [-0.25, -0.2) is 0 Å². The highest BCUT2D eigenvalue weighted by Gasteiger charge is 2.46. The van der Waals surface area contributed by atoms with Crippen LogP contribution in [0, 0.1) is 0 Å². The van der Waals surface area contributed by atoms with Gasteiger partial charge in [0.2, 0.25) is 0 Å². The summed E-state index contributed by atoms with van der Waals surface area (Å²) >= 11 is 0. The molecule has 8 nitrogen and oxygen atoms in total. The van der Waals surface area contributed by atoms with Gasteiger partial charge in [-0.2, -0.15) is 0 Å². The second-order valence-corrected chi connectivity index (χ2v) is 7.61. The SMILES string of the molecule is Cl.O=C1c2ccccc2C(=O)N1C1CCC(O)N(CCCN2CCOCC2)C1O. The fourth-order valence-corrected chi connectivity index (χ4v) is 4.39. The number of benzene rings is 1. The number of likely N-dealkylation sites (tertiary alicyclic amines) is 1. The molecule has 0 bridgehead atoms. The number of carbonyl (C=O) groups is 2. The molecule has 2 amide bonds. The number of fused-ring (bicyclic) bond motifs is 1. The standard InChI is InChI=1S/C20H27N3O5.ClH/c24-17-7-6-16(23-18(25)14-4-1-2-5-15(14)19(23)26)20(27)22(17)9-3-8-21-10-12-28-13-11-21;/h1-2,4-5,16-17,20,24,27H,3,6-13H2;1H. The van der Waals surface area contributed by atoms with Gasteiger partial charge in [-0.1, -0.05) is 12.1 Å². The van der Waals surface area contributed by atoms with Gasteiger partial charge in [-0.15, -0.1) is 12.4 Å². The molecule has 0 aliphatic carbocycles. The highest BCUT2D eigenvalue weighted by atomic mass is 35.5. The maximum atomic E-state index is 12.8. The van der Waals surface area contributed by atoms with Crippen molar-refractivity contribution in [3.05, 3.63) is 35.4 Å². The van der Waals surface area contributed by atoms with E-state index in [1.54, 1.807) is 29.2 Å². The maximum Gasteiger partial charge on any atom is 0.261 e. The van der Waals surface area contributed by atoms with Crippen molar-refractivity contribution in [3.63, 3.8) is 0 Å². The van der Waals surface area contributed by atoms with E-state index in [1.807, 2.05) is 0 Å². The Kier molecular flexibility index (Phi) is 7.26. The zero-order chi connectivity index (χ0) is 19.7. The highest BCUT2D eigenvalue weighted by Crippen LogP contribution is 2.31. The number of imide groups is 1. The highest BCUT2D eigenvalue weighted by molar-refractivity contribution is 6.21. The monoisotopic (exact) mass is 425 g/mol. The molecule has 1 aromatic rings. The Morgan fingerprint density at radius 2 is 1.59 bits per heavy atom. The second-order valence-electron chi connectivity index (χ2n) is 7.61. The number of hydrogen-bond donors (Lipinski definition) is 2. The molecule has 29 heavy (non-hydrogen) atoms. The van der Waals surface area contributed by atoms with E-state index >= 15 is 0 Å². The molecule has 3 atom stereocenters. The number of morpholine rings is 1. The zero-order valence-corrected chi connectivity index (χ0v) is 17.1. The minimum Gasteiger partial charge on any atom is -0.379 e. The van der Waals surface area contributed by atoms with Crippen molar-refractivity contribution in [2.24, 2.45) is 0 Å². The fraction of sp³-hybridized carbons (Fsp3) is 0.600. The third-order valence-electron chi connectivity index (χ3n) is 5.94. The third-order valence-corrected chi connectivity index (χ3v) is 5.94. The van der Waals surface area contributed by atoms with Gasteiger partial charge in [0, 0.05) is 19.6 Å². The normalized spacial score (nSPS) is 28.3. The quantitative estimate of drug-likeness (QED) is 0.664. The molecular weight excluding hydrogens is 398 g/mol. The molecule has 2 N–H and O–H groups in total. The first-order valence-corrected chi connectivity index (χ1v) is 9.97. The van der Waals surface area contributed by atoms with Gasteiger partial charge in [-0.05, 0) is 37.9 Å². The van der Waals surface area contributed by atoms with E-state index in [9.17, 15) is 19.8 Å². The van der Waals surface area contributed by atoms with Crippen LogP contribution < -0.4 is 0 Å². The lowest BCUT2D eigenvalue weighted by Crippen LogP contribution is -2.60. The molecule has 3 unspecified atom stereocenters. The number of aliphatic hydroxyl groups excluding tert-OH is 2. The van der Waals surface area contributed by atoms with Gasteiger partial charge in [-0.3, -0.25) is 24.3 Å². The molecule has 9 heteroatoms. The summed E-state index contributed by atoms with van der Waals surface area (Å²) in [6.45, 7) is 4.61. The average Bonchev–Trinajstić information content (AvgIpc) is 2.97. The van der Waals surface area contributed by atoms with Gasteiger partial charge in [0.05, 0.1) is 30.4 Å². The number of carbonyl (C=O) groups excluding carboxylic acids is 2. The lowest BCUT2D eigenvalue weighted by Gasteiger charge is -2.44. The number of amides is 2. The number of aliphatic hydroxyl groups is 2. The van der Waals surface area contributed by atoms with E-state index in [0.717, 1.165) is 39.3 Å². The topological polar surface area (TPSA) is 93.6 Å². The lowest BCUT2D eigenvalue weighted by molar-refractivity contribution is -0.156. The van der Waals surface area contributed by atoms with Crippen molar-refractivity contribution >= 4 is 24.2 Å². The summed E-state index contributed by atoms with van der Waals surface area (Å²) in [5.74, 6) is -0.733. The van der Waals surface area contributed by atoms with Crippen molar-refractivity contribution < 1.29 is 24.5 Å². The van der Waals surface area contributed by atoms with Crippen molar-refractivity contribution in [2.75, 3.05) is 39.4 Å². The Balaban J connectivity index is 0.00000240. The summed E-state index contributed by atoms with van der Waals surface area (Å²) in [5, 5.41) is 21.3. The minimum absolute atomic E-state index is 0. The Labute approximate surface area is 176 Å². The Bertz CT molecular complexity index is 708. The van der Waals surface area contributed by atoms with Gasteiger partial charge in [0.1, 0.15) is 12.5 Å². The van der Waals surface area contributed by atoms with E-state index in [4.69, 9.17) is 4.74 Å². The Hall–Kier alpha value is -1.55. The molecule has 0 radical (unpaired) electrons. The molecule has 3 aliphatic heterocycles. The summed E-state index contributed by atoms with van der Waals surface area (Å²) in [6, 6.07) is 6.08. The molecule has 3 heterocycles. The number of rotatable bonds is 5. The van der Waals surface area contributed by atoms with Crippen molar-refractivity contribution in [1.82, 2.24) is 14.7 Å². The van der Waals surface area contributed by atoms with Crippen molar-refractivity contribution in [3.8, 4) is 0 Å². The predicted molar refractivity (Wildman–Crippen MR) is 108 cm³/mol. The van der Waals surface area contributed by atoms with Crippen LogP contribution in [0.4, 0.5) is 0 Å². The smallest absolute Gasteiger partial charge is 0.261 e. The minimum atomic E-state index is -1.07. The molecule has 4 rings (SSSR count). The Morgan fingerprint density at radius 3 is 2.21 bits per heavy atom. The number of ether oxygens (including phenoxy) is 1. The van der Waals surface area contributed by atoms with Crippen LogP contribution in [0.2, 0.25) is 0 Å². The summed E-state index contributed by atoms with van der Waals surface area (Å²) in [5.41, 5.74) is 0.759. The van der Waals surface area contributed by atoms with Crippen LogP contribution in [0.3, 0.4) is 0 Å². The summed E-state index contributed by atoms with van der Waals surface area (Å²) in [6.07, 6.45) is -0.273. The van der Waals surface area contributed by atoms with E-state index in [2.05, 4.69) is 4.90 Å². The van der Waals surface area contributed by atoms with E-state index in [-0.39, 0.29) is 24.2 Å². The Morgan fingerprint density at radius 1 is 0.966 bits per heavy atom. The van der Waals surface area contributed by atoms with Crippen LogP contribution in [0.5, 0.6) is 0 Å². The first-order chi connectivity index (χ1) is 13.6. The lowest BCUT2D eigenvalue weighted by atomic mass is 10.00. The van der Waals surface area contributed by atoms with Crippen LogP contribution in [-0.4, -0.2) is 94.6 Å². The second kappa shape index (κ2) is 9.51. The third kappa shape index (κ3) is 4.33. The van der Waals surface area contributed by atoms with Crippen LogP contribution in [0.1, 0.15) is 40.0 Å². The average molecular weight is 426 g/mol. The van der Waals surface area contributed by atoms with Gasteiger partial charge in [0.25, 0.3) is 11.8 Å². The molecule has 2 fully saturated rings. The largest absolute Gasteiger partial charge is 0.379 e. The van der Waals surface area contributed by atoms with Crippen LogP contribution in [-0.2, 0) is 4.74 Å². The summed E-state index contributed by atoms with van der Waals surface area (Å²) in [7, 11) is 0.